The zero-order chi connectivity index (χ0) is 10.9. The van der Waals surface area contributed by atoms with Crippen LogP contribution in [0.5, 0.6) is 0 Å². The fraction of sp³-hybridized carbons (Fsp3) is 0.308. The van der Waals surface area contributed by atoms with Gasteiger partial charge >= 0.3 is 0 Å². The normalized spacial score (nSPS) is 18.5. The molecule has 1 aromatic rings. The standard InChI is InChI=1S/C13H13NO/c1-13(2)8-11(9-14)12(15-13)10-6-4-3-5-7-10/h3-7H,8H2,1-2H3. The third-order valence-corrected chi connectivity index (χ3v) is 2.43. The zero-order valence-electron chi connectivity index (χ0n) is 8.95. The van der Waals surface area contributed by atoms with E-state index in [0.717, 1.165) is 16.9 Å². The average molecular weight is 199 g/mol. The van der Waals surface area contributed by atoms with Crippen molar-refractivity contribution in [2.24, 2.45) is 0 Å². The van der Waals surface area contributed by atoms with Gasteiger partial charge in [-0.3, -0.25) is 0 Å². The van der Waals surface area contributed by atoms with Gasteiger partial charge in [0.05, 0.1) is 11.6 Å². The van der Waals surface area contributed by atoms with Crippen molar-refractivity contribution in [1.29, 1.82) is 5.26 Å². The molecule has 0 N–H and O–H groups in total. The Morgan fingerprint density at radius 1 is 1.27 bits per heavy atom. The molecule has 1 heterocycles. The maximum atomic E-state index is 9.04. The topological polar surface area (TPSA) is 33.0 Å². The Labute approximate surface area is 89.8 Å². The van der Waals surface area contributed by atoms with E-state index in [1.54, 1.807) is 0 Å². The lowest BCUT2D eigenvalue weighted by Crippen LogP contribution is -2.17. The molecule has 0 bridgehead atoms. The molecule has 2 nitrogen and oxygen atoms in total. The van der Waals surface area contributed by atoms with Gasteiger partial charge in [0, 0.05) is 12.0 Å². The number of benzene rings is 1. The quantitative estimate of drug-likeness (QED) is 0.696. The van der Waals surface area contributed by atoms with E-state index in [1.807, 2.05) is 44.2 Å². The molecular formula is C13H13NO. The maximum Gasteiger partial charge on any atom is 0.141 e. The molecule has 0 spiro atoms. The van der Waals surface area contributed by atoms with Crippen LogP contribution >= 0.6 is 0 Å². The van der Waals surface area contributed by atoms with Crippen LogP contribution in [-0.2, 0) is 4.74 Å². The lowest BCUT2D eigenvalue weighted by molar-refractivity contribution is 0.1000. The second-order valence-electron chi connectivity index (χ2n) is 4.32. The van der Waals surface area contributed by atoms with Crippen LogP contribution < -0.4 is 0 Å². The van der Waals surface area contributed by atoms with Gasteiger partial charge in [-0.05, 0) is 13.8 Å². The van der Waals surface area contributed by atoms with Crippen molar-refractivity contribution in [3.05, 3.63) is 41.5 Å². The number of ether oxygens (including phenoxy) is 1. The van der Waals surface area contributed by atoms with E-state index < -0.39 is 0 Å². The molecule has 1 aliphatic heterocycles. The van der Waals surface area contributed by atoms with Crippen LogP contribution in [0.25, 0.3) is 5.76 Å². The van der Waals surface area contributed by atoms with Gasteiger partial charge in [0.15, 0.2) is 0 Å². The second-order valence-corrected chi connectivity index (χ2v) is 4.32. The molecule has 0 fully saturated rings. The first kappa shape index (κ1) is 9.79. The minimum atomic E-state index is -0.254. The fourth-order valence-corrected chi connectivity index (χ4v) is 1.79. The van der Waals surface area contributed by atoms with E-state index in [2.05, 4.69) is 6.07 Å². The van der Waals surface area contributed by atoms with Crippen LogP contribution in [-0.4, -0.2) is 5.60 Å². The van der Waals surface area contributed by atoms with Crippen LogP contribution in [0, 0.1) is 11.3 Å². The Bertz CT molecular complexity index is 437. The van der Waals surface area contributed by atoms with Gasteiger partial charge in [0.25, 0.3) is 0 Å². The second kappa shape index (κ2) is 3.43. The SMILES string of the molecule is CC1(C)CC(C#N)=C(c2ccccc2)O1. The minimum absolute atomic E-state index is 0.254. The van der Waals surface area contributed by atoms with Crippen LogP contribution in [0.4, 0.5) is 0 Å². The third kappa shape index (κ3) is 1.87. The highest BCUT2D eigenvalue weighted by molar-refractivity contribution is 5.69. The average Bonchev–Trinajstić information content (AvgIpc) is 2.55. The summed E-state index contributed by atoms with van der Waals surface area (Å²) in [5.41, 5.74) is 1.47. The summed E-state index contributed by atoms with van der Waals surface area (Å²) in [4.78, 5) is 0. The van der Waals surface area contributed by atoms with E-state index in [-0.39, 0.29) is 5.60 Å². The summed E-state index contributed by atoms with van der Waals surface area (Å²) in [6, 6.07) is 12.0. The summed E-state index contributed by atoms with van der Waals surface area (Å²) in [6.45, 7) is 4.00. The Kier molecular flexibility index (Phi) is 2.24. The van der Waals surface area contributed by atoms with E-state index in [9.17, 15) is 0 Å². The lowest BCUT2D eigenvalue weighted by Gasteiger charge is -2.19. The van der Waals surface area contributed by atoms with Crippen LogP contribution in [0.15, 0.2) is 35.9 Å². The number of hydrogen-bond donors (Lipinski definition) is 0. The Balaban J connectivity index is 2.42. The highest BCUT2D eigenvalue weighted by atomic mass is 16.5. The lowest BCUT2D eigenvalue weighted by atomic mass is 10.0. The summed E-state index contributed by atoms with van der Waals surface area (Å²) >= 11 is 0. The molecule has 0 amide bonds. The predicted octanol–water partition coefficient (Wildman–Crippen LogP) is 3.12. The van der Waals surface area contributed by atoms with E-state index in [1.165, 1.54) is 0 Å². The summed E-state index contributed by atoms with van der Waals surface area (Å²) in [7, 11) is 0. The molecule has 0 aliphatic carbocycles. The largest absolute Gasteiger partial charge is 0.486 e. The van der Waals surface area contributed by atoms with Gasteiger partial charge < -0.3 is 4.74 Å². The van der Waals surface area contributed by atoms with Gasteiger partial charge in [-0.1, -0.05) is 30.3 Å². The van der Waals surface area contributed by atoms with Crippen molar-refractivity contribution < 1.29 is 4.74 Å². The fourth-order valence-electron chi connectivity index (χ4n) is 1.79. The van der Waals surface area contributed by atoms with Gasteiger partial charge in [-0.15, -0.1) is 0 Å². The van der Waals surface area contributed by atoms with Crippen molar-refractivity contribution in [3.8, 4) is 6.07 Å². The van der Waals surface area contributed by atoms with E-state index in [0.29, 0.717) is 6.42 Å². The Morgan fingerprint density at radius 2 is 1.93 bits per heavy atom. The van der Waals surface area contributed by atoms with Gasteiger partial charge in [-0.2, -0.15) is 5.26 Å². The summed E-state index contributed by atoms with van der Waals surface area (Å²) in [6.07, 6.45) is 0.688. The highest BCUT2D eigenvalue weighted by Crippen LogP contribution is 2.38. The predicted molar refractivity (Wildman–Crippen MR) is 58.8 cm³/mol. The molecular weight excluding hydrogens is 186 g/mol. The zero-order valence-corrected chi connectivity index (χ0v) is 8.95. The third-order valence-electron chi connectivity index (χ3n) is 2.43. The smallest absolute Gasteiger partial charge is 0.141 e. The van der Waals surface area contributed by atoms with Gasteiger partial charge in [-0.25, -0.2) is 0 Å². The van der Waals surface area contributed by atoms with Gasteiger partial charge in [0.2, 0.25) is 0 Å². The molecule has 0 unspecified atom stereocenters. The maximum absolute atomic E-state index is 9.04. The number of nitrogens with zero attached hydrogens (tertiary/aromatic N) is 1. The van der Waals surface area contributed by atoms with Crippen LogP contribution in [0.2, 0.25) is 0 Å². The molecule has 1 aromatic carbocycles. The van der Waals surface area contributed by atoms with E-state index >= 15 is 0 Å². The molecule has 2 heteroatoms. The van der Waals surface area contributed by atoms with E-state index in [4.69, 9.17) is 10.00 Å². The first-order valence-corrected chi connectivity index (χ1v) is 5.00. The summed E-state index contributed by atoms with van der Waals surface area (Å²) in [5, 5.41) is 9.04. The van der Waals surface area contributed by atoms with Crippen LogP contribution in [0.1, 0.15) is 25.8 Å². The molecule has 0 saturated carbocycles. The first-order chi connectivity index (χ1) is 7.12. The van der Waals surface area contributed by atoms with Crippen molar-refractivity contribution in [2.75, 3.05) is 0 Å². The van der Waals surface area contributed by atoms with Crippen molar-refractivity contribution in [1.82, 2.24) is 0 Å². The molecule has 2 rings (SSSR count). The van der Waals surface area contributed by atoms with Gasteiger partial charge in [0.1, 0.15) is 11.4 Å². The minimum Gasteiger partial charge on any atom is -0.486 e. The van der Waals surface area contributed by atoms with Crippen molar-refractivity contribution >= 4 is 5.76 Å². The van der Waals surface area contributed by atoms with Crippen molar-refractivity contribution in [3.63, 3.8) is 0 Å². The summed E-state index contributed by atoms with van der Waals surface area (Å²) < 4.78 is 5.80. The Hall–Kier alpha value is -1.75. The molecule has 15 heavy (non-hydrogen) atoms. The molecule has 76 valence electrons. The summed E-state index contributed by atoms with van der Waals surface area (Å²) in [5.74, 6) is 0.739. The number of hydrogen-bond acceptors (Lipinski definition) is 2. The highest BCUT2D eigenvalue weighted by Gasteiger charge is 2.32. The molecule has 0 atom stereocenters. The number of nitriles is 1. The van der Waals surface area contributed by atoms with Crippen molar-refractivity contribution in [2.45, 2.75) is 25.9 Å². The molecule has 0 radical (unpaired) electrons. The molecule has 1 aliphatic rings. The monoisotopic (exact) mass is 199 g/mol. The molecule has 0 aromatic heterocycles. The first-order valence-electron chi connectivity index (χ1n) is 5.00. The molecule has 0 saturated heterocycles. The van der Waals surface area contributed by atoms with Crippen LogP contribution in [0.3, 0.4) is 0 Å². The number of rotatable bonds is 1. The Morgan fingerprint density at radius 3 is 2.53 bits per heavy atom.